The van der Waals surface area contributed by atoms with E-state index in [0.717, 1.165) is 16.9 Å². The zero-order valence-electron chi connectivity index (χ0n) is 16.0. The first-order chi connectivity index (χ1) is 14.8. The highest BCUT2D eigenvalue weighted by atomic mass is 19.1. The maximum atomic E-state index is 13.8. The molecular formula is C23H19FN6. The molecule has 0 spiro atoms. The molecule has 1 unspecified atom stereocenters. The number of benzene rings is 3. The van der Waals surface area contributed by atoms with Gasteiger partial charge in [-0.05, 0) is 42.0 Å². The predicted molar refractivity (Wildman–Crippen MR) is 117 cm³/mol. The molecule has 2 heterocycles. The molecule has 3 aromatic rings. The molecule has 148 valence electrons. The quantitative estimate of drug-likeness (QED) is 0.609. The number of para-hydroxylation sites is 2. The molecule has 7 heteroatoms. The van der Waals surface area contributed by atoms with Gasteiger partial charge in [-0.2, -0.15) is 9.98 Å². The van der Waals surface area contributed by atoms with Crippen LogP contribution in [0, 0.1) is 5.82 Å². The van der Waals surface area contributed by atoms with Crippen molar-refractivity contribution in [1.82, 2.24) is 10.2 Å². The second-order valence-corrected chi connectivity index (χ2v) is 6.85. The van der Waals surface area contributed by atoms with Gasteiger partial charge in [0.1, 0.15) is 12.0 Å². The number of hydrogen-bond acceptors (Lipinski definition) is 6. The van der Waals surface area contributed by atoms with Crippen LogP contribution in [0.4, 0.5) is 15.8 Å². The number of halogens is 1. The third kappa shape index (κ3) is 3.60. The van der Waals surface area contributed by atoms with Crippen LogP contribution >= 0.6 is 0 Å². The molecule has 3 N–H and O–H groups in total. The van der Waals surface area contributed by atoms with E-state index in [2.05, 4.69) is 20.9 Å². The first-order valence-corrected chi connectivity index (χ1v) is 9.59. The van der Waals surface area contributed by atoms with Gasteiger partial charge in [0.2, 0.25) is 11.9 Å². The molecular weight excluding hydrogens is 379 g/mol. The normalized spacial score (nSPS) is 17.3. The van der Waals surface area contributed by atoms with Crippen LogP contribution in [0.25, 0.3) is 0 Å². The fourth-order valence-corrected chi connectivity index (χ4v) is 3.40. The summed E-state index contributed by atoms with van der Waals surface area (Å²) in [5.74, 6) is 1.43. The van der Waals surface area contributed by atoms with Crippen molar-refractivity contribution >= 4 is 23.3 Å². The fraction of sp³-hybridized carbons (Fsp3) is 0.0435. The van der Waals surface area contributed by atoms with E-state index in [0.29, 0.717) is 17.7 Å². The van der Waals surface area contributed by atoms with E-state index in [9.17, 15) is 4.39 Å². The van der Waals surface area contributed by atoms with Crippen LogP contribution < -0.4 is 16.0 Å². The zero-order valence-corrected chi connectivity index (χ0v) is 16.0. The van der Waals surface area contributed by atoms with Crippen LogP contribution in [0.1, 0.15) is 11.7 Å². The number of aliphatic imine (C=N–C) groups is 2. The Kier molecular flexibility index (Phi) is 4.61. The van der Waals surface area contributed by atoms with E-state index in [1.165, 1.54) is 12.1 Å². The Morgan fingerprint density at radius 2 is 1.50 bits per heavy atom. The topological polar surface area (TPSA) is 64.0 Å². The summed E-state index contributed by atoms with van der Waals surface area (Å²) in [6.07, 6.45) is 1.48. The van der Waals surface area contributed by atoms with Gasteiger partial charge in [0.15, 0.2) is 5.82 Å². The van der Waals surface area contributed by atoms with Gasteiger partial charge < -0.3 is 16.0 Å². The Balaban J connectivity index is 1.50. The summed E-state index contributed by atoms with van der Waals surface area (Å²) in [4.78, 5) is 11.3. The van der Waals surface area contributed by atoms with Gasteiger partial charge in [-0.3, -0.25) is 4.90 Å². The number of hydrogen-bond donors (Lipinski definition) is 3. The van der Waals surface area contributed by atoms with Gasteiger partial charge in [0.05, 0.1) is 0 Å². The molecule has 0 fully saturated rings. The van der Waals surface area contributed by atoms with E-state index in [4.69, 9.17) is 4.99 Å². The summed E-state index contributed by atoms with van der Waals surface area (Å²) in [5, 5.41) is 9.89. The molecule has 2 aliphatic heterocycles. The summed E-state index contributed by atoms with van der Waals surface area (Å²) >= 11 is 0. The first-order valence-electron chi connectivity index (χ1n) is 9.59. The predicted octanol–water partition coefficient (Wildman–Crippen LogP) is 4.48. The summed E-state index contributed by atoms with van der Waals surface area (Å²) in [7, 11) is 0. The maximum Gasteiger partial charge on any atom is 0.232 e. The van der Waals surface area contributed by atoms with Gasteiger partial charge in [-0.25, -0.2) is 4.39 Å². The molecule has 3 aromatic carbocycles. The van der Waals surface area contributed by atoms with E-state index in [1.807, 2.05) is 77.8 Å². The molecule has 0 aromatic heterocycles. The molecule has 2 aliphatic rings. The number of nitrogens with one attached hydrogen (secondary N) is 3. The highest BCUT2D eigenvalue weighted by Crippen LogP contribution is 2.31. The highest BCUT2D eigenvalue weighted by molar-refractivity contribution is 6.09. The molecule has 0 radical (unpaired) electrons. The average molecular weight is 398 g/mol. The van der Waals surface area contributed by atoms with Crippen LogP contribution in [0.3, 0.4) is 0 Å². The first kappa shape index (κ1) is 17.9. The number of rotatable bonds is 3. The van der Waals surface area contributed by atoms with Crippen molar-refractivity contribution in [2.24, 2.45) is 9.98 Å². The van der Waals surface area contributed by atoms with Gasteiger partial charge in [0.25, 0.3) is 0 Å². The molecule has 0 saturated heterocycles. The van der Waals surface area contributed by atoms with E-state index in [-0.39, 0.29) is 12.0 Å². The van der Waals surface area contributed by atoms with E-state index < -0.39 is 0 Å². The Morgan fingerprint density at radius 1 is 0.800 bits per heavy atom. The van der Waals surface area contributed by atoms with Gasteiger partial charge >= 0.3 is 0 Å². The molecule has 0 amide bonds. The minimum absolute atomic E-state index is 0.288. The maximum absolute atomic E-state index is 13.8. The third-order valence-corrected chi connectivity index (χ3v) is 4.76. The summed E-state index contributed by atoms with van der Waals surface area (Å²) in [5.41, 5.74) is 2.56. The second kappa shape index (κ2) is 7.71. The lowest BCUT2D eigenvalue weighted by Crippen LogP contribution is -2.41. The van der Waals surface area contributed by atoms with Crippen molar-refractivity contribution in [3.05, 3.63) is 108 Å². The molecule has 0 saturated carbocycles. The number of anilines is 2. The number of nitrogens with zero attached hydrogens (tertiary/aromatic N) is 3. The van der Waals surface area contributed by atoms with Gasteiger partial charge in [-0.1, -0.05) is 48.5 Å². The SMILES string of the molecule is Fc1cccc(C2NC=C3N=C(Nc4ccccc4)N=C(Nc4ccccc4)N32)c1. The lowest BCUT2D eigenvalue weighted by Gasteiger charge is -2.31. The average Bonchev–Trinajstić information content (AvgIpc) is 3.20. The van der Waals surface area contributed by atoms with E-state index in [1.54, 1.807) is 6.07 Å². The second-order valence-electron chi connectivity index (χ2n) is 6.85. The molecule has 5 rings (SSSR count). The van der Waals surface area contributed by atoms with E-state index >= 15 is 0 Å². The van der Waals surface area contributed by atoms with Crippen molar-refractivity contribution < 1.29 is 4.39 Å². The van der Waals surface area contributed by atoms with Crippen molar-refractivity contribution in [3.63, 3.8) is 0 Å². The largest absolute Gasteiger partial charge is 0.364 e. The Bertz CT molecular complexity index is 1140. The van der Waals surface area contributed by atoms with Crippen molar-refractivity contribution in [1.29, 1.82) is 0 Å². The summed E-state index contributed by atoms with van der Waals surface area (Å²) in [6, 6.07) is 26.0. The molecule has 0 bridgehead atoms. The van der Waals surface area contributed by atoms with Crippen molar-refractivity contribution in [2.45, 2.75) is 6.17 Å². The third-order valence-electron chi connectivity index (χ3n) is 4.76. The minimum atomic E-state index is -0.326. The molecule has 30 heavy (non-hydrogen) atoms. The highest BCUT2D eigenvalue weighted by Gasteiger charge is 2.34. The van der Waals surface area contributed by atoms with Gasteiger partial charge in [0, 0.05) is 17.6 Å². The Hall–Kier alpha value is -4.13. The Labute approximate surface area is 173 Å². The minimum Gasteiger partial charge on any atom is -0.364 e. The summed E-state index contributed by atoms with van der Waals surface area (Å²) < 4.78 is 13.8. The monoisotopic (exact) mass is 398 g/mol. The zero-order chi connectivity index (χ0) is 20.3. The smallest absolute Gasteiger partial charge is 0.232 e. The molecule has 6 nitrogen and oxygen atoms in total. The Morgan fingerprint density at radius 3 is 2.20 bits per heavy atom. The van der Waals surface area contributed by atoms with Crippen LogP contribution in [-0.4, -0.2) is 16.8 Å². The van der Waals surface area contributed by atoms with Crippen LogP contribution in [0.5, 0.6) is 0 Å². The van der Waals surface area contributed by atoms with Crippen LogP contribution in [0.2, 0.25) is 0 Å². The standard InChI is InChI=1S/C23H19FN6/c24-17-9-7-8-16(14-17)21-25-15-20-28-22(26-18-10-3-1-4-11-18)29-23(30(20)21)27-19-12-5-2-6-13-19/h1-15,21,25H,(H2,26,27,28,29). The van der Waals surface area contributed by atoms with Crippen LogP contribution in [0.15, 0.2) is 107 Å². The molecule has 1 atom stereocenters. The lowest BCUT2D eigenvalue weighted by atomic mass is 10.1. The lowest BCUT2D eigenvalue weighted by molar-refractivity contribution is 0.384. The van der Waals surface area contributed by atoms with Gasteiger partial charge in [-0.15, -0.1) is 0 Å². The van der Waals surface area contributed by atoms with Crippen molar-refractivity contribution in [3.8, 4) is 0 Å². The fourth-order valence-electron chi connectivity index (χ4n) is 3.40. The number of guanidine groups is 2. The van der Waals surface area contributed by atoms with Crippen molar-refractivity contribution in [2.75, 3.05) is 10.6 Å². The van der Waals surface area contributed by atoms with Crippen LogP contribution in [-0.2, 0) is 0 Å². The summed E-state index contributed by atoms with van der Waals surface area (Å²) in [6.45, 7) is 0. The molecule has 0 aliphatic carbocycles. The number of fused-ring (bicyclic) bond motifs is 1.